The van der Waals surface area contributed by atoms with E-state index in [1.807, 2.05) is 50.5 Å². The Hall–Kier alpha value is -2.02. The maximum atomic E-state index is 8.71. The molecule has 0 fully saturated rings. The Bertz CT molecular complexity index is 638. The third-order valence-electron chi connectivity index (χ3n) is 2.93. The van der Waals surface area contributed by atoms with E-state index in [-0.39, 0.29) is 6.61 Å². The smallest absolute Gasteiger partial charge is 0.120 e. The first-order chi connectivity index (χ1) is 9.69. The summed E-state index contributed by atoms with van der Waals surface area (Å²) in [4.78, 5) is 2.09. The highest BCUT2D eigenvalue weighted by Crippen LogP contribution is 2.21. The molecule has 0 aliphatic heterocycles. The molecule has 0 aromatic heterocycles. The molecule has 2 aromatic carbocycles. The zero-order valence-electron chi connectivity index (χ0n) is 11.9. The van der Waals surface area contributed by atoms with Gasteiger partial charge in [-0.05, 0) is 49.1 Å². The molecule has 0 saturated carbocycles. The van der Waals surface area contributed by atoms with Crippen molar-refractivity contribution in [3.63, 3.8) is 0 Å². The highest BCUT2D eigenvalue weighted by molar-refractivity contribution is 5.85. The average Bonchev–Trinajstić information content (AvgIpc) is 2.44. The van der Waals surface area contributed by atoms with Gasteiger partial charge in [-0.1, -0.05) is 24.0 Å². The minimum atomic E-state index is -0.114. The predicted octanol–water partition coefficient (Wildman–Crippen LogP) is 2.12. The maximum Gasteiger partial charge on any atom is 0.120 e. The highest BCUT2D eigenvalue weighted by atomic mass is 16.5. The number of aliphatic hydroxyl groups is 1. The molecule has 0 unspecified atom stereocenters. The fourth-order valence-corrected chi connectivity index (χ4v) is 1.88. The van der Waals surface area contributed by atoms with Crippen LogP contribution < -0.4 is 4.74 Å². The van der Waals surface area contributed by atoms with Crippen molar-refractivity contribution in [2.75, 3.05) is 33.9 Å². The number of nitrogens with zero attached hydrogens (tertiary/aromatic N) is 1. The number of ether oxygens (including phenoxy) is 1. The Balaban J connectivity index is 2.14. The lowest BCUT2D eigenvalue weighted by atomic mass is 10.1. The number of hydrogen-bond acceptors (Lipinski definition) is 3. The number of aliphatic hydroxyl groups excluding tert-OH is 1. The van der Waals surface area contributed by atoms with Crippen LogP contribution in [0.5, 0.6) is 5.75 Å². The lowest BCUT2D eigenvalue weighted by Gasteiger charge is -2.11. The van der Waals surface area contributed by atoms with E-state index >= 15 is 0 Å². The molecule has 0 amide bonds. The van der Waals surface area contributed by atoms with Crippen LogP contribution in [-0.2, 0) is 0 Å². The Morgan fingerprint density at radius 2 is 1.85 bits per heavy atom. The van der Waals surface area contributed by atoms with Crippen LogP contribution in [0.15, 0.2) is 36.4 Å². The molecule has 0 radical (unpaired) electrons. The molecule has 0 atom stereocenters. The molecule has 0 aliphatic rings. The van der Waals surface area contributed by atoms with Crippen LogP contribution in [0.2, 0.25) is 0 Å². The van der Waals surface area contributed by atoms with E-state index in [0.29, 0.717) is 6.61 Å². The molecular formula is C17H19NO2. The minimum absolute atomic E-state index is 0.114. The molecule has 1 N–H and O–H groups in total. The van der Waals surface area contributed by atoms with E-state index in [1.54, 1.807) is 0 Å². The summed E-state index contributed by atoms with van der Waals surface area (Å²) < 4.78 is 5.72. The second-order valence-electron chi connectivity index (χ2n) is 4.84. The first-order valence-electron chi connectivity index (χ1n) is 6.60. The third-order valence-corrected chi connectivity index (χ3v) is 2.93. The summed E-state index contributed by atoms with van der Waals surface area (Å²) >= 11 is 0. The highest BCUT2D eigenvalue weighted by Gasteiger charge is 1.99. The van der Waals surface area contributed by atoms with Gasteiger partial charge in [-0.25, -0.2) is 0 Å². The fourth-order valence-electron chi connectivity index (χ4n) is 1.88. The van der Waals surface area contributed by atoms with Gasteiger partial charge in [-0.15, -0.1) is 0 Å². The molecule has 104 valence electrons. The lowest BCUT2D eigenvalue weighted by molar-refractivity contribution is 0.261. The van der Waals surface area contributed by atoms with Crippen molar-refractivity contribution in [2.24, 2.45) is 0 Å². The topological polar surface area (TPSA) is 32.7 Å². The zero-order valence-corrected chi connectivity index (χ0v) is 11.9. The standard InChI is InChI=1S/C17H19NO2/c1-18(2)9-11-20-17-8-7-15-12-14(4-3-10-19)5-6-16(15)13-17/h5-8,12-13,19H,9-11H2,1-2H3. The second kappa shape index (κ2) is 6.95. The molecule has 2 aromatic rings. The van der Waals surface area contributed by atoms with Crippen LogP contribution in [0, 0.1) is 11.8 Å². The van der Waals surface area contributed by atoms with Crippen molar-refractivity contribution >= 4 is 10.8 Å². The summed E-state index contributed by atoms with van der Waals surface area (Å²) in [6, 6.07) is 12.0. The van der Waals surface area contributed by atoms with Gasteiger partial charge in [-0.2, -0.15) is 0 Å². The first-order valence-corrected chi connectivity index (χ1v) is 6.60. The predicted molar refractivity (Wildman–Crippen MR) is 82.0 cm³/mol. The molecule has 0 spiro atoms. The number of benzene rings is 2. The van der Waals surface area contributed by atoms with E-state index in [0.717, 1.165) is 28.6 Å². The monoisotopic (exact) mass is 269 g/mol. The van der Waals surface area contributed by atoms with Crippen molar-refractivity contribution in [2.45, 2.75) is 0 Å². The molecule has 3 heteroatoms. The Labute approximate surface area is 119 Å². The molecule has 20 heavy (non-hydrogen) atoms. The van der Waals surface area contributed by atoms with Crippen LogP contribution in [0.3, 0.4) is 0 Å². The van der Waals surface area contributed by atoms with E-state index < -0.39 is 0 Å². The van der Waals surface area contributed by atoms with Gasteiger partial charge in [0.1, 0.15) is 19.0 Å². The number of likely N-dealkylation sites (N-methyl/N-ethyl adjacent to an activating group) is 1. The molecule has 0 saturated heterocycles. The van der Waals surface area contributed by atoms with Crippen LogP contribution >= 0.6 is 0 Å². The molecule has 0 heterocycles. The Morgan fingerprint density at radius 3 is 2.60 bits per heavy atom. The molecule has 0 bridgehead atoms. The molecular weight excluding hydrogens is 250 g/mol. The van der Waals surface area contributed by atoms with Gasteiger partial charge in [-0.3, -0.25) is 0 Å². The molecule has 3 nitrogen and oxygen atoms in total. The summed E-state index contributed by atoms with van der Waals surface area (Å²) in [6.07, 6.45) is 0. The van der Waals surface area contributed by atoms with E-state index in [2.05, 4.69) is 16.7 Å². The van der Waals surface area contributed by atoms with E-state index in [4.69, 9.17) is 9.84 Å². The molecule has 0 aliphatic carbocycles. The van der Waals surface area contributed by atoms with Crippen molar-refractivity contribution < 1.29 is 9.84 Å². The number of hydrogen-bond donors (Lipinski definition) is 1. The van der Waals surface area contributed by atoms with Gasteiger partial charge in [0.25, 0.3) is 0 Å². The number of rotatable bonds is 4. The largest absolute Gasteiger partial charge is 0.492 e. The Morgan fingerprint density at radius 1 is 1.10 bits per heavy atom. The summed E-state index contributed by atoms with van der Waals surface area (Å²) in [5, 5.41) is 11.0. The van der Waals surface area contributed by atoms with Gasteiger partial charge in [0.15, 0.2) is 0 Å². The maximum absolute atomic E-state index is 8.71. The van der Waals surface area contributed by atoms with Gasteiger partial charge < -0.3 is 14.7 Å². The van der Waals surface area contributed by atoms with Crippen LogP contribution in [0.1, 0.15) is 5.56 Å². The molecule has 2 rings (SSSR count). The summed E-state index contributed by atoms with van der Waals surface area (Å²) in [7, 11) is 4.05. The third kappa shape index (κ3) is 3.99. The number of fused-ring (bicyclic) bond motifs is 1. The quantitative estimate of drug-likeness (QED) is 0.863. The average molecular weight is 269 g/mol. The van der Waals surface area contributed by atoms with E-state index in [1.165, 1.54) is 0 Å². The zero-order chi connectivity index (χ0) is 14.4. The fraction of sp³-hybridized carbons (Fsp3) is 0.294. The van der Waals surface area contributed by atoms with Crippen molar-refractivity contribution in [1.82, 2.24) is 4.90 Å². The second-order valence-corrected chi connectivity index (χ2v) is 4.84. The SMILES string of the molecule is CN(C)CCOc1ccc2cc(C#CCO)ccc2c1. The van der Waals surface area contributed by atoms with Crippen molar-refractivity contribution in [3.05, 3.63) is 42.0 Å². The minimum Gasteiger partial charge on any atom is -0.492 e. The summed E-state index contributed by atoms with van der Waals surface area (Å²) in [6.45, 7) is 1.46. The lowest BCUT2D eigenvalue weighted by Crippen LogP contribution is -2.19. The van der Waals surface area contributed by atoms with Crippen molar-refractivity contribution in [1.29, 1.82) is 0 Å². The first kappa shape index (κ1) is 14.4. The van der Waals surface area contributed by atoms with Gasteiger partial charge in [0, 0.05) is 12.1 Å². The summed E-state index contributed by atoms with van der Waals surface area (Å²) in [5.41, 5.74) is 0.910. The van der Waals surface area contributed by atoms with Gasteiger partial charge >= 0.3 is 0 Å². The van der Waals surface area contributed by atoms with Crippen molar-refractivity contribution in [3.8, 4) is 17.6 Å². The summed E-state index contributed by atoms with van der Waals surface area (Å²) in [5.74, 6) is 6.45. The van der Waals surface area contributed by atoms with Gasteiger partial charge in [0.2, 0.25) is 0 Å². The van der Waals surface area contributed by atoms with Crippen LogP contribution in [0.25, 0.3) is 10.8 Å². The van der Waals surface area contributed by atoms with Gasteiger partial charge in [0.05, 0.1) is 0 Å². The van der Waals surface area contributed by atoms with E-state index in [9.17, 15) is 0 Å². The normalized spacial score (nSPS) is 10.4. The van der Waals surface area contributed by atoms with Crippen LogP contribution in [-0.4, -0.2) is 43.9 Å². The Kier molecular flexibility index (Phi) is 5.00. The van der Waals surface area contributed by atoms with Crippen LogP contribution in [0.4, 0.5) is 0 Å².